The van der Waals surface area contributed by atoms with E-state index in [1.807, 2.05) is 37.3 Å². The molecule has 1 aromatic heterocycles. The molecule has 0 amide bonds. The molecule has 1 atom stereocenters. The molecular weight excluding hydrogens is 188 g/mol. The quantitative estimate of drug-likeness (QED) is 0.827. The van der Waals surface area contributed by atoms with Crippen LogP contribution in [0.4, 0.5) is 0 Å². The minimum atomic E-state index is 0.0506. The van der Waals surface area contributed by atoms with E-state index < -0.39 is 0 Å². The van der Waals surface area contributed by atoms with Crippen LogP contribution in [0.15, 0.2) is 36.5 Å². The van der Waals surface area contributed by atoms with Crippen LogP contribution in [-0.2, 0) is 0 Å². The number of ether oxygens (including phenoxy) is 1. The van der Waals surface area contributed by atoms with Gasteiger partial charge in [0, 0.05) is 17.6 Å². The molecule has 0 saturated carbocycles. The largest absolute Gasteiger partial charge is 0.492 e. The maximum absolute atomic E-state index is 5.62. The van der Waals surface area contributed by atoms with Crippen LogP contribution in [0.25, 0.3) is 10.9 Å². The van der Waals surface area contributed by atoms with Crippen molar-refractivity contribution in [1.82, 2.24) is 4.98 Å². The van der Waals surface area contributed by atoms with Gasteiger partial charge in [-0.15, -0.1) is 0 Å². The Labute approximate surface area is 88.9 Å². The highest BCUT2D eigenvalue weighted by Crippen LogP contribution is 2.18. The topological polar surface area (TPSA) is 48.1 Å². The average Bonchev–Trinajstić information content (AvgIpc) is 2.26. The molecule has 15 heavy (non-hydrogen) atoms. The number of hydrogen-bond donors (Lipinski definition) is 1. The van der Waals surface area contributed by atoms with Crippen molar-refractivity contribution in [2.24, 2.45) is 5.73 Å². The van der Waals surface area contributed by atoms with E-state index >= 15 is 0 Å². The molecule has 0 saturated heterocycles. The van der Waals surface area contributed by atoms with Gasteiger partial charge in [0.05, 0.1) is 5.52 Å². The zero-order valence-corrected chi connectivity index (χ0v) is 8.68. The molecule has 3 heteroatoms. The molecule has 1 aromatic carbocycles. The fourth-order valence-electron chi connectivity index (χ4n) is 1.37. The highest BCUT2D eigenvalue weighted by Gasteiger charge is 1.99. The number of rotatable bonds is 3. The molecule has 0 fully saturated rings. The predicted molar refractivity (Wildman–Crippen MR) is 60.9 cm³/mol. The Morgan fingerprint density at radius 3 is 3.07 bits per heavy atom. The Kier molecular flexibility index (Phi) is 2.83. The van der Waals surface area contributed by atoms with Gasteiger partial charge >= 0.3 is 0 Å². The summed E-state index contributed by atoms with van der Waals surface area (Å²) in [7, 11) is 0. The van der Waals surface area contributed by atoms with Crippen molar-refractivity contribution in [3.8, 4) is 5.75 Å². The van der Waals surface area contributed by atoms with Gasteiger partial charge in [0.1, 0.15) is 12.4 Å². The van der Waals surface area contributed by atoms with E-state index in [0.29, 0.717) is 6.61 Å². The maximum atomic E-state index is 5.62. The number of hydrogen-bond acceptors (Lipinski definition) is 3. The highest BCUT2D eigenvalue weighted by molar-refractivity contribution is 5.79. The van der Waals surface area contributed by atoms with Crippen molar-refractivity contribution in [3.63, 3.8) is 0 Å². The second-order valence-corrected chi connectivity index (χ2v) is 3.65. The third-order valence-electron chi connectivity index (χ3n) is 2.09. The number of pyridine rings is 1. The zero-order valence-electron chi connectivity index (χ0n) is 8.68. The molecule has 0 aliphatic rings. The second kappa shape index (κ2) is 4.28. The Morgan fingerprint density at radius 2 is 2.27 bits per heavy atom. The van der Waals surface area contributed by atoms with Crippen molar-refractivity contribution < 1.29 is 4.74 Å². The van der Waals surface area contributed by atoms with E-state index in [1.54, 1.807) is 6.20 Å². The number of nitrogens with two attached hydrogens (primary N) is 1. The first-order chi connectivity index (χ1) is 7.25. The number of nitrogens with zero attached hydrogens (tertiary/aromatic N) is 1. The predicted octanol–water partition coefficient (Wildman–Crippen LogP) is 1.96. The fraction of sp³-hybridized carbons (Fsp3) is 0.250. The lowest BCUT2D eigenvalue weighted by Crippen LogP contribution is -2.23. The summed E-state index contributed by atoms with van der Waals surface area (Å²) in [6, 6.07) is 9.82. The minimum absolute atomic E-state index is 0.0506. The molecule has 2 N–H and O–H groups in total. The van der Waals surface area contributed by atoms with Gasteiger partial charge in [0.15, 0.2) is 0 Å². The fourth-order valence-corrected chi connectivity index (χ4v) is 1.37. The Hall–Kier alpha value is -1.61. The van der Waals surface area contributed by atoms with E-state index in [2.05, 4.69) is 4.98 Å². The van der Waals surface area contributed by atoms with E-state index in [-0.39, 0.29) is 6.04 Å². The number of fused-ring (bicyclic) bond motifs is 1. The minimum Gasteiger partial charge on any atom is -0.492 e. The standard InChI is InChI=1S/C12H14N2O/c1-9(13)8-15-11-4-5-12-10(7-11)3-2-6-14-12/h2-7,9H,8,13H2,1H3/t9-/m0/s1. The van der Waals surface area contributed by atoms with Crippen LogP contribution in [0.2, 0.25) is 0 Å². The van der Waals surface area contributed by atoms with Crippen molar-refractivity contribution in [1.29, 1.82) is 0 Å². The van der Waals surface area contributed by atoms with Crippen LogP contribution in [0.1, 0.15) is 6.92 Å². The lowest BCUT2D eigenvalue weighted by atomic mass is 10.2. The summed E-state index contributed by atoms with van der Waals surface area (Å²) in [4.78, 5) is 4.24. The van der Waals surface area contributed by atoms with Crippen LogP contribution < -0.4 is 10.5 Å². The Morgan fingerprint density at radius 1 is 1.40 bits per heavy atom. The van der Waals surface area contributed by atoms with Gasteiger partial charge in [-0.1, -0.05) is 6.07 Å². The smallest absolute Gasteiger partial charge is 0.120 e. The second-order valence-electron chi connectivity index (χ2n) is 3.65. The van der Waals surface area contributed by atoms with Crippen LogP contribution in [0.3, 0.4) is 0 Å². The molecule has 3 nitrogen and oxygen atoms in total. The monoisotopic (exact) mass is 202 g/mol. The molecule has 0 spiro atoms. The highest BCUT2D eigenvalue weighted by atomic mass is 16.5. The van der Waals surface area contributed by atoms with E-state index in [9.17, 15) is 0 Å². The van der Waals surface area contributed by atoms with Gasteiger partial charge in [-0.25, -0.2) is 0 Å². The molecule has 78 valence electrons. The number of aromatic nitrogens is 1. The first kappa shape index (κ1) is 9.93. The van der Waals surface area contributed by atoms with Gasteiger partial charge in [0.25, 0.3) is 0 Å². The van der Waals surface area contributed by atoms with Crippen molar-refractivity contribution >= 4 is 10.9 Å². The van der Waals surface area contributed by atoms with Crippen molar-refractivity contribution in [2.75, 3.05) is 6.61 Å². The van der Waals surface area contributed by atoms with Gasteiger partial charge in [0.2, 0.25) is 0 Å². The third-order valence-corrected chi connectivity index (χ3v) is 2.09. The third kappa shape index (κ3) is 2.44. The molecule has 0 aliphatic carbocycles. The molecule has 2 rings (SSSR count). The normalized spacial score (nSPS) is 12.7. The molecule has 1 heterocycles. The summed E-state index contributed by atoms with van der Waals surface area (Å²) >= 11 is 0. The van der Waals surface area contributed by atoms with Crippen molar-refractivity contribution in [3.05, 3.63) is 36.5 Å². The van der Waals surface area contributed by atoms with Crippen molar-refractivity contribution in [2.45, 2.75) is 13.0 Å². The molecule has 0 radical (unpaired) electrons. The number of benzene rings is 1. The van der Waals surface area contributed by atoms with Gasteiger partial charge in [-0.05, 0) is 31.2 Å². The van der Waals surface area contributed by atoms with E-state index in [1.165, 1.54) is 0 Å². The lowest BCUT2D eigenvalue weighted by Gasteiger charge is -2.08. The Bertz CT molecular complexity index is 454. The summed E-state index contributed by atoms with van der Waals surface area (Å²) in [5, 5.41) is 1.08. The summed E-state index contributed by atoms with van der Waals surface area (Å²) in [6.07, 6.45) is 1.78. The first-order valence-corrected chi connectivity index (χ1v) is 4.99. The van der Waals surface area contributed by atoms with Crippen LogP contribution in [-0.4, -0.2) is 17.6 Å². The molecule has 2 aromatic rings. The van der Waals surface area contributed by atoms with Crippen LogP contribution in [0.5, 0.6) is 5.75 Å². The van der Waals surface area contributed by atoms with Crippen LogP contribution in [0, 0.1) is 0 Å². The molecule has 0 unspecified atom stereocenters. The maximum Gasteiger partial charge on any atom is 0.120 e. The van der Waals surface area contributed by atoms with Crippen LogP contribution >= 0.6 is 0 Å². The summed E-state index contributed by atoms with van der Waals surface area (Å²) in [5.41, 5.74) is 6.59. The summed E-state index contributed by atoms with van der Waals surface area (Å²) < 4.78 is 5.52. The van der Waals surface area contributed by atoms with Gasteiger partial charge < -0.3 is 10.5 Å². The SMILES string of the molecule is C[C@H](N)COc1ccc2ncccc2c1. The lowest BCUT2D eigenvalue weighted by molar-refractivity contribution is 0.296. The van der Waals surface area contributed by atoms with Gasteiger partial charge in [-0.3, -0.25) is 4.98 Å². The zero-order chi connectivity index (χ0) is 10.7. The molecular formula is C12H14N2O. The summed E-state index contributed by atoms with van der Waals surface area (Å²) in [5.74, 6) is 0.841. The van der Waals surface area contributed by atoms with Gasteiger partial charge in [-0.2, -0.15) is 0 Å². The molecule has 0 aliphatic heterocycles. The first-order valence-electron chi connectivity index (χ1n) is 4.99. The van der Waals surface area contributed by atoms with E-state index in [4.69, 9.17) is 10.5 Å². The Balaban J connectivity index is 2.23. The van der Waals surface area contributed by atoms with E-state index in [0.717, 1.165) is 16.7 Å². The average molecular weight is 202 g/mol. The summed E-state index contributed by atoms with van der Waals surface area (Å²) in [6.45, 7) is 2.45. The molecule has 0 bridgehead atoms.